The lowest BCUT2D eigenvalue weighted by atomic mass is 10.1. The molecule has 3 rings (SSSR count). The van der Waals surface area contributed by atoms with Gasteiger partial charge in [0.05, 0.1) is 4.90 Å². The lowest BCUT2D eigenvalue weighted by molar-refractivity contribution is -0.119. The van der Waals surface area contributed by atoms with Gasteiger partial charge in [-0.2, -0.15) is 4.31 Å². The number of primary amides is 1. The summed E-state index contributed by atoms with van der Waals surface area (Å²) in [5.41, 5.74) is 6.45. The van der Waals surface area contributed by atoms with Crippen molar-refractivity contribution in [1.29, 1.82) is 0 Å². The Balaban J connectivity index is 1.80. The summed E-state index contributed by atoms with van der Waals surface area (Å²) in [4.78, 5) is 23.8. The Kier molecular flexibility index (Phi) is 6.73. The third-order valence-electron chi connectivity index (χ3n) is 4.88. The van der Waals surface area contributed by atoms with Crippen LogP contribution in [0.25, 0.3) is 0 Å². The highest BCUT2D eigenvalue weighted by molar-refractivity contribution is 7.89. The molecule has 30 heavy (non-hydrogen) atoms. The predicted molar refractivity (Wildman–Crippen MR) is 113 cm³/mol. The Morgan fingerprint density at radius 1 is 1.10 bits per heavy atom. The third kappa shape index (κ3) is 5.17. The average molecular weight is 432 g/mol. The molecule has 2 amide bonds. The molecule has 2 aromatic carbocycles. The summed E-state index contributed by atoms with van der Waals surface area (Å²) in [6, 6.07) is 11.1. The number of carbonyl (C=O) groups is 2. The van der Waals surface area contributed by atoms with Gasteiger partial charge in [-0.15, -0.1) is 0 Å². The quantitative estimate of drug-likeness (QED) is 0.697. The first kappa shape index (κ1) is 21.8. The molecule has 0 spiro atoms. The zero-order valence-electron chi connectivity index (χ0n) is 16.8. The fraction of sp³-hybridized carbons (Fsp3) is 0.333. The van der Waals surface area contributed by atoms with E-state index in [1.54, 1.807) is 37.3 Å². The van der Waals surface area contributed by atoms with Crippen LogP contribution in [0.1, 0.15) is 35.2 Å². The Morgan fingerprint density at radius 3 is 2.53 bits per heavy atom. The number of sulfonamides is 1. The molecule has 1 fully saturated rings. The number of aryl methyl sites for hydroxylation is 1. The minimum Gasteiger partial charge on any atom is -0.484 e. The van der Waals surface area contributed by atoms with Crippen molar-refractivity contribution in [3.63, 3.8) is 0 Å². The number of nitrogens with zero attached hydrogens (tertiary/aromatic N) is 1. The molecule has 1 heterocycles. The minimum atomic E-state index is -3.64. The highest BCUT2D eigenvalue weighted by Crippen LogP contribution is 2.24. The Bertz CT molecular complexity index is 1050. The van der Waals surface area contributed by atoms with Gasteiger partial charge in [0.1, 0.15) is 5.75 Å². The summed E-state index contributed by atoms with van der Waals surface area (Å²) >= 11 is 0. The molecule has 0 unspecified atom stereocenters. The van der Waals surface area contributed by atoms with Gasteiger partial charge in [0.2, 0.25) is 10.0 Å². The molecular weight excluding hydrogens is 406 g/mol. The van der Waals surface area contributed by atoms with E-state index in [9.17, 15) is 18.0 Å². The van der Waals surface area contributed by atoms with E-state index in [1.165, 1.54) is 16.4 Å². The molecule has 1 saturated heterocycles. The molecule has 0 radical (unpaired) electrons. The van der Waals surface area contributed by atoms with Gasteiger partial charge < -0.3 is 15.8 Å². The van der Waals surface area contributed by atoms with E-state index < -0.39 is 21.8 Å². The van der Waals surface area contributed by atoms with Crippen molar-refractivity contribution in [2.24, 2.45) is 5.73 Å². The number of carbonyl (C=O) groups excluding carboxylic acids is 2. The first-order chi connectivity index (χ1) is 14.3. The van der Waals surface area contributed by atoms with E-state index in [0.717, 1.165) is 19.3 Å². The van der Waals surface area contributed by atoms with Gasteiger partial charge in [-0.05, 0) is 49.6 Å². The number of benzene rings is 2. The number of amides is 2. The van der Waals surface area contributed by atoms with Gasteiger partial charge in [0, 0.05) is 30.4 Å². The number of nitrogens with one attached hydrogen (secondary N) is 1. The van der Waals surface area contributed by atoms with Crippen molar-refractivity contribution >= 4 is 27.5 Å². The van der Waals surface area contributed by atoms with Crippen LogP contribution in [0.2, 0.25) is 0 Å². The van der Waals surface area contributed by atoms with E-state index in [0.29, 0.717) is 30.1 Å². The molecule has 160 valence electrons. The smallest absolute Gasteiger partial charge is 0.255 e. The van der Waals surface area contributed by atoms with Crippen LogP contribution in [-0.4, -0.2) is 44.2 Å². The lowest BCUT2D eigenvalue weighted by Gasteiger charge is -2.26. The summed E-state index contributed by atoms with van der Waals surface area (Å²) in [6.45, 7) is 2.47. The molecule has 2 aromatic rings. The maximum Gasteiger partial charge on any atom is 0.255 e. The van der Waals surface area contributed by atoms with E-state index >= 15 is 0 Å². The topological polar surface area (TPSA) is 119 Å². The summed E-state index contributed by atoms with van der Waals surface area (Å²) in [6.07, 6.45) is 2.70. The van der Waals surface area contributed by atoms with Gasteiger partial charge >= 0.3 is 0 Å². The van der Waals surface area contributed by atoms with Crippen LogP contribution in [0.4, 0.5) is 5.69 Å². The summed E-state index contributed by atoms with van der Waals surface area (Å²) in [7, 11) is -3.64. The van der Waals surface area contributed by atoms with Crippen LogP contribution >= 0.6 is 0 Å². The fourth-order valence-corrected chi connectivity index (χ4v) is 4.82. The standard InChI is InChI=1S/C21H25N3O5S/c1-15-8-9-18(30(27,28)24-10-3-2-4-11-24)13-19(15)21(26)23-16-6-5-7-17(12-16)29-14-20(22)25/h5-9,12-13H,2-4,10-11,14H2,1H3,(H2,22,25)(H,23,26). The Labute approximate surface area is 176 Å². The molecule has 9 heteroatoms. The second-order valence-electron chi connectivity index (χ2n) is 7.18. The van der Waals surface area contributed by atoms with Crippen LogP contribution in [0, 0.1) is 6.92 Å². The number of ether oxygens (including phenoxy) is 1. The fourth-order valence-electron chi connectivity index (χ4n) is 3.28. The molecule has 0 aromatic heterocycles. The van der Waals surface area contributed by atoms with Crippen molar-refractivity contribution in [3.8, 4) is 5.75 Å². The van der Waals surface area contributed by atoms with Crippen molar-refractivity contribution in [2.45, 2.75) is 31.1 Å². The number of hydrogen-bond acceptors (Lipinski definition) is 5. The molecule has 8 nitrogen and oxygen atoms in total. The molecule has 0 bridgehead atoms. The van der Waals surface area contributed by atoms with E-state index in [4.69, 9.17) is 10.5 Å². The number of hydrogen-bond donors (Lipinski definition) is 2. The van der Waals surface area contributed by atoms with Crippen LogP contribution in [-0.2, 0) is 14.8 Å². The molecule has 1 aliphatic rings. The second kappa shape index (κ2) is 9.27. The maximum atomic E-state index is 12.9. The highest BCUT2D eigenvalue weighted by Gasteiger charge is 2.27. The zero-order valence-corrected chi connectivity index (χ0v) is 17.6. The van der Waals surface area contributed by atoms with Gasteiger partial charge in [0.25, 0.3) is 11.8 Å². The van der Waals surface area contributed by atoms with E-state index in [2.05, 4.69) is 5.32 Å². The van der Waals surface area contributed by atoms with E-state index in [-0.39, 0.29) is 17.1 Å². The van der Waals surface area contributed by atoms with Crippen LogP contribution in [0.15, 0.2) is 47.4 Å². The molecule has 1 aliphatic heterocycles. The second-order valence-corrected chi connectivity index (χ2v) is 9.12. The van der Waals surface area contributed by atoms with Crippen LogP contribution in [0.3, 0.4) is 0 Å². The normalized spacial score (nSPS) is 14.8. The molecular formula is C21H25N3O5S. The third-order valence-corrected chi connectivity index (χ3v) is 6.77. The van der Waals surface area contributed by atoms with Gasteiger partial charge in [-0.25, -0.2) is 8.42 Å². The SMILES string of the molecule is Cc1ccc(S(=O)(=O)N2CCCCC2)cc1C(=O)Nc1cccc(OCC(N)=O)c1. The van der Waals surface area contributed by atoms with Gasteiger partial charge in [-0.1, -0.05) is 18.6 Å². The molecule has 0 aliphatic carbocycles. The maximum absolute atomic E-state index is 12.9. The molecule has 0 atom stereocenters. The Hall–Kier alpha value is -2.91. The molecule has 0 saturated carbocycles. The van der Waals surface area contributed by atoms with E-state index in [1.807, 2.05) is 0 Å². The van der Waals surface area contributed by atoms with Crippen molar-refractivity contribution in [1.82, 2.24) is 4.31 Å². The zero-order chi connectivity index (χ0) is 21.7. The molecule has 3 N–H and O–H groups in total. The first-order valence-electron chi connectivity index (χ1n) is 9.71. The average Bonchev–Trinajstić information content (AvgIpc) is 2.73. The lowest BCUT2D eigenvalue weighted by Crippen LogP contribution is -2.35. The number of anilines is 1. The van der Waals surface area contributed by atoms with Crippen LogP contribution in [0.5, 0.6) is 5.75 Å². The summed E-state index contributed by atoms with van der Waals surface area (Å²) < 4.78 is 32.6. The number of piperidine rings is 1. The minimum absolute atomic E-state index is 0.110. The van der Waals surface area contributed by atoms with Crippen molar-refractivity contribution < 1.29 is 22.7 Å². The number of rotatable bonds is 7. The largest absolute Gasteiger partial charge is 0.484 e. The van der Waals surface area contributed by atoms with Crippen molar-refractivity contribution in [2.75, 3.05) is 25.0 Å². The van der Waals surface area contributed by atoms with Gasteiger partial charge in [-0.3, -0.25) is 9.59 Å². The summed E-state index contributed by atoms with van der Waals surface area (Å²) in [5, 5.41) is 2.74. The van der Waals surface area contributed by atoms with Gasteiger partial charge in [0.15, 0.2) is 6.61 Å². The first-order valence-corrected chi connectivity index (χ1v) is 11.1. The monoisotopic (exact) mass is 431 g/mol. The highest BCUT2D eigenvalue weighted by atomic mass is 32.2. The van der Waals surface area contributed by atoms with Crippen molar-refractivity contribution in [3.05, 3.63) is 53.6 Å². The predicted octanol–water partition coefficient (Wildman–Crippen LogP) is 2.29. The Morgan fingerprint density at radius 2 is 1.83 bits per heavy atom. The summed E-state index contributed by atoms with van der Waals surface area (Å²) in [5.74, 6) is -0.660. The van der Waals surface area contributed by atoms with Crippen LogP contribution < -0.4 is 15.8 Å². The number of nitrogens with two attached hydrogens (primary N) is 1.